The molecule has 0 heterocycles. The number of terminal acetylenes is 1. The first-order valence-electron chi connectivity index (χ1n) is 7.48. The maximum absolute atomic E-state index is 6.01. The molecule has 1 rings (SSSR count). The van der Waals surface area contributed by atoms with Gasteiger partial charge in [0.25, 0.3) is 0 Å². The third-order valence-corrected chi connectivity index (χ3v) is 3.20. The van der Waals surface area contributed by atoms with Gasteiger partial charge < -0.3 is 4.74 Å². The summed E-state index contributed by atoms with van der Waals surface area (Å²) in [6.07, 6.45) is 11.7. The van der Waals surface area contributed by atoms with Gasteiger partial charge in [-0.3, -0.25) is 0 Å². The Balaban J connectivity index is 3.20. The molecule has 0 saturated heterocycles. The van der Waals surface area contributed by atoms with E-state index in [9.17, 15) is 0 Å². The minimum absolute atomic E-state index is 0.655. The Morgan fingerprint density at radius 3 is 2.26 bits per heavy atom. The Labute approximate surface area is 118 Å². The smallest absolute Gasteiger partial charge is 0.126 e. The highest BCUT2D eigenvalue weighted by atomic mass is 16.5. The van der Waals surface area contributed by atoms with Crippen LogP contribution in [0.25, 0.3) is 0 Å². The van der Waals surface area contributed by atoms with Crippen molar-refractivity contribution in [2.24, 2.45) is 0 Å². The zero-order valence-corrected chi connectivity index (χ0v) is 12.6. The fourth-order valence-corrected chi connectivity index (χ4v) is 2.38. The number of rotatable bonds is 8. The summed E-state index contributed by atoms with van der Waals surface area (Å²) in [6.45, 7) is 7.34. The number of benzene rings is 1. The summed E-state index contributed by atoms with van der Waals surface area (Å²) < 4.78 is 6.01. The molecule has 0 fully saturated rings. The Morgan fingerprint density at radius 1 is 1.00 bits per heavy atom. The van der Waals surface area contributed by atoms with E-state index < -0.39 is 0 Å². The predicted molar refractivity (Wildman–Crippen MR) is 82.8 cm³/mol. The van der Waals surface area contributed by atoms with Crippen LogP contribution in [0, 0.1) is 12.3 Å². The van der Waals surface area contributed by atoms with Crippen LogP contribution in [0.2, 0.25) is 0 Å². The molecule has 0 atom stereocenters. The van der Waals surface area contributed by atoms with E-state index in [1.807, 2.05) is 0 Å². The highest BCUT2D eigenvalue weighted by Gasteiger charge is 2.13. The van der Waals surface area contributed by atoms with Crippen LogP contribution in [0.4, 0.5) is 0 Å². The van der Waals surface area contributed by atoms with Crippen molar-refractivity contribution >= 4 is 0 Å². The minimum atomic E-state index is 0.655. The SMILES string of the molecule is C#CCc1ccc(CCC)c(CCC)c1OCCC. The van der Waals surface area contributed by atoms with Crippen LogP contribution in [0.15, 0.2) is 12.1 Å². The third-order valence-electron chi connectivity index (χ3n) is 3.20. The van der Waals surface area contributed by atoms with E-state index in [1.165, 1.54) is 23.1 Å². The van der Waals surface area contributed by atoms with Crippen molar-refractivity contribution in [2.75, 3.05) is 6.61 Å². The molecule has 0 aliphatic heterocycles. The topological polar surface area (TPSA) is 9.23 Å². The fourth-order valence-electron chi connectivity index (χ4n) is 2.38. The van der Waals surface area contributed by atoms with Crippen LogP contribution in [-0.4, -0.2) is 6.61 Å². The summed E-state index contributed by atoms with van der Waals surface area (Å²) in [5.41, 5.74) is 3.97. The second-order valence-corrected chi connectivity index (χ2v) is 4.92. The molecule has 0 aromatic heterocycles. The van der Waals surface area contributed by atoms with Crippen LogP contribution < -0.4 is 4.74 Å². The van der Waals surface area contributed by atoms with Crippen molar-refractivity contribution in [2.45, 2.75) is 59.3 Å². The van der Waals surface area contributed by atoms with E-state index in [0.29, 0.717) is 6.42 Å². The van der Waals surface area contributed by atoms with Gasteiger partial charge in [-0.1, -0.05) is 45.7 Å². The molecule has 1 aromatic carbocycles. The number of aryl methyl sites for hydroxylation is 1. The lowest BCUT2D eigenvalue weighted by atomic mass is 9.94. The van der Waals surface area contributed by atoms with Crippen molar-refractivity contribution in [3.8, 4) is 18.1 Å². The van der Waals surface area contributed by atoms with E-state index in [1.54, 1.807) is 0 Å². The van der Waals surface area contributed by atoms with Gasteiger partial charge in [0.1, 0.15) is 5.75 Å². The molecule has 0 aliphatic rings. The zero-order chi connectivity index (χ0) is 14.1. The Kier molecular flexibility index (Phi) is 7.11. The second kappa shape index (κ2) is 8.64. The summed E-state index contributed by atoms with van der Waals surface area (Å²) in [7, 11) is 0. The molecule has 104 valence electrons. The third kappa shape index (κ3) is 4.31. The lowest BCUT2D eigenvalue weighted by Crippen LogP contribution is -2.06. The quantitative estimate of drug-likeness (QED) is 0.621. The van der Waals surface area contributed by atoms with E-state index in [2.05, 4.69) is 38.8 Å². The highest BCUT2D eigenvalue weighted by Crippen LogP contribution is 2.30. The molecule has 0 amide bonds. The minimum Gasteiger partial charge on any atom is -0.493 e. The van der Waals surface area contributed by atoms with Crippen LogP contribution in [0.5, 0.6) is 5.75 Å². The molecule has 1 aromatic rings. The molecule has 19 heavy (non-hydrogen) atoms. The maximum atomic E-state index is 6.01. The molecular formula is C18H26O. The molecule has 0 spiro atoms. The average molecular weight is 258 g/mol. The van der Waals surface area contributed by atoms with Gasteiger partial charge in [-0.2, -0.15) is 0 Å². The molecule has 1 heteroatoms. The van der Waals surface area contributed by atoms with Gasteiger partial charge in [0.2, 0.25) is 0 Å². The molecule has 0 aliphatic carbocycles. The summed E-state index contributed by atoms with van der Waals surface area (Å²) in [4.78, 5) is 0. The number of hydrogen-bond acceptors (Lipinski definition) is 1. The van der Waals surface area contributed by atoms with Crippen LogP contribution in [0.3, 0.4) is 0 Å². The molecule has 0 saturated carbocycles. The summed E-state index contributed by atoms with van der Waals surface area (Å²) >= 11 is 0. The fraction of sp³-hybridized carbons (Fsp3) is 0.556. The van der Waals surface area contributed by atoms with Crippen molar-refractivity contribution in [3.05, 3.63) is 28.8 Å². The molecular weight excluding hydrogens is 232 g/mol. The van der Waals surface area contributed by atoms with Gasteiger partial charge in [0.05, 0.1) is 6.61 Å². The molecule has 0 N–H and O–H groups in total. The zero-order valence-electron chi connectivity index (χ0n) is 12.6. The Bertz CT molecular complexity index is 426. The van der Waals surface area contributed by atoms with Gasteiger partial charge in [0.15, 0.2) is 0 Å². The van der Waals surface area contributed by atoms with Crippen molar-refractivity contribution in [1.29, 1.82) is 0 Å². The lowest BCUT2D eigenvalue weighted by molar-refractivity contribution is 0.311. The first-order chi connectivity index (χ1) is 9.28. The molecule has 0 bridgehead atoms. The molecule has 0 radical (unpaired) electrons. The lowest BCUT2D eigenvalue weighted by Gasteiger charge is -2.18. The maximum Gasteiger partial charge on any atom is 0.126 e. The molecule has 0 unspecified atom stereocenters. The summed E-state index contributed by atoms with van der Waals surface area (Å²) in [5, 5.41) is 0. The van der Waals surface area contributed by atoms with Gasteiger partial charge in [-0.25, -0.2) is 0 Å². The van der Waals surface area contributed by atoms with E-state index in [-0.39, 0.29) is 0 Å². The number of hydrogen-bond donors (Lipinski definition) is 0. The predicted octanol–water partition coefficient (Wildman–Crippen LogP) is 4.56. The van der Waals surface area contributed by atoms with Gasteiger partial charge in [0, 0.05) is 12.0 Å². The van der Waals surface area contributed by atoms with Crippen molar-refractivity contribution in [3.63, 3.8) is 0 Å². The largest absolute Gasteiger partial charge is 0.493 e. The molecule has 1 nitrogen and oxygen atoms in total. The second-order valence-electron chi connectivity index (χ2n) is 4.92. The first kappa shape index (κ1) is 15.6. The van der Waals surface area contributed by atoms with Crippen molar-refractivity contribution in [1.82, 2.24) is 0 Å². The van der Waals surface area contributed by atoms with Crippen molar-refractivity contribution < 1.29 is 4.74 Å². The van der Waals surface area contributed by atoms with Crippen LogP contribution >= 0.6 is 0 Å². The first-order valence-corrected chi connectivity index (χ1v) is 7.48. The van der Waals surface area contributed by atoms with E-state index >= 15 is 0 Å². The number of ether oxygens (including phenoxy) is 1. The normalized spacial score (nSPS) is 10.2. The van der Waals surface area contributed by atoms with Crippen LogP contribution in [-0.2, 0) is 19.3 Å². The van der Waals surface area contributed by atoms with Gasteiger partial charge >= 0.3 is 0 Å². The summed E-state index contributed by atoms with van der Waals surface area (Å²) in [6, 6.07) is 4.38. The van der Waals surface area contributed by atoms with Crippen LogP contribution in [0.1, 0.15) is 56.7 Å². The summed E-state index contributed by atoms with van der Waals surface area (Å²) in [5.74, 6) is 3.80. The van der Waals surface area contributed by atoms with Gasteiger partial charge in [-0.15, -0.1) is 12.3 Å². The van der Waals surface area contributed by atoms with Gasteiger partial charge in [-0.05, 0) is 30.4 Å². The van der Waals surface area contributed by atoms with E-state index in [0.717, 1.165) is 38.0 Å². The Hall–Kier alpha value is -1.42. The standard InChI is InChI=1S/C18H26O/c1-5-9-15-12-13-16(10-6-2)18(19-14-8-4)17(15)11-7-3/h2,12-13H,5,7-11,14H2,1,3-4H3. The Morgan fingerprint density at radius 2 is 1.68 bits per heavy atom. The highest BCUT2D eigenvalue weighted by molar-refractivity contribution is 5.48. The van der Waals surface area contributed by atoms with E-state index in [4.69, 9.17) is 11.2 Å². The monoisotopic (exact) mass is 258 g/mol. The average Bonchev–Trinajstić information content (AvgIpc) is 2.41.